The molecule has 0 radical (unpaired) electrons. The summed E-state index contributed by atoms with van der Waals surface area (Å²) < 4.78 is 0. The van der Waals surface area contributed by atoms with Gasteiger partial charge in [-0.1, -0.05) is 44.0 Å². The first kappa shape index (κ1) is 30.9. The van der Waals surface area contributed by atoms with Gasteiger partial charge in [0.15, 0.2) is 5.96 Å². The third-order valence-corrected chi connectivity index (χ3v) is 5.67. The third-order valence-electron chi connectivity index (χ3n) is 5.67. The summed E-state index contributed by atoms with van der Waals surface area (Å²) in [6.07, 6.45) is 2.38. The number of nitrogens with one attached hydrogen (secondary N) is 4. The largest absolute Gasteiger partial charge is 0.384 e. The third kappa shape index (κ3) is 11.0. The zero-order chi connectivity index (χ0) is 28.0. The minimum absolute atomic E-state index is 0.0700. The van der Waals surface area contributed by atoms with Gasteiger partial charge in [0.25, 0.3) is 0 Å². The molecule has 0 heterocycles. The second-order valence-electron chi connectivity index (χ2n) is 8.60. The van der Waals surface area contributed by atoms with Crippen molar-refractivity contribution in [2.24, 2.45) is 33.8 Å². The molecule has 204 valence electrons. The molecule has 0 spiro atoms. The molecule has 0 aromatic heterocycles. The number of benzene rings is 1. The number of nitrogens with zero attached hydrogens (tertiary/aromatic N) is 1. The summed E-state index contributed by atoms with van der Waals surface area (Å²) in [6, 6.07) is 4.68. The number of amides is 4. The maximum atomic E-state index is 13.2. The lowest BCUT2D eigenvalue weighted by molar-refractivity contribution is -0.138. The van der Waals surface area contributed by atoms with E-state index in [4.69, 9.17) is 28.3 Å². The van der Waals surface area contributed by atoms with Crippen LogP contribution in [-0.4, -0.2) is 61.1 Å². The Labute approximate surface area is 216 Å². The van der Waals surface area contributed by atoms with Crippen LogP contribution < -0.4 is 38.9 Å². The van der Waals surface area contributed by atoms with Crippen LogP contribution in [-0.2, 0) is 25.6 Å². The summed E-state index contributed by atoms with van der Waals surface area (Å²) in [5, 5.41) is 15.2. The molecule has 12 N–H and O–H groups in total. The number of unbranched alkanes of at least 4 members (excludes halogenated alkanes) is 1. The molecule has 13 nitrogen and oxygen atoms in total. The Bertz CT molecular complexity index is 975. The smallest absolute Gasteiger partial charge is 0.243 e. The normalized spacial score (nSPS) is 12.9. The number of aliphatic imine (C=N–C) groups is 1. The molecule has 0 bridgehead atoms. The van der Waals surface area contributed by atoms with Crippen LogP contribution in [0.25, 0.3) is 0 Å². The molecule has 37 heavy (non-hydrogen) atoms. The Kier molecular flexibility index (Phi) is 13.1. The van der Waals surface area contributed by atoms with E-state index >= 15 is 0 Å². The molecular weight excluding hydrogens is 478 g/mol. The van der Waals surface area contributed by atoms with Gasteiger partial charge in [-0.3, -0.25) is 29.6 Å². The summed E-state index contributed by atoms with van der Waals surface area (Å²) in [5.41, 5.74) is 22.7. The molecule has 2 unspecified atom stereocenters. The molecule has 1 aromatic carbocycles. The number of carbonyl (C=O) groups excluding carboxylic acids is 4. The molecule has 0 saturated heterocycles. The number of carbonyl (C=O) groups is 4. The van der Waals surface area contributed by atoms with E-state index in [1.165, 1.54) is 7.05 Å². The van der Waals surface area contributed by atoms with E-state index in [9.17, 15) is 19.2 Å². The van der Waals surface area contributed by atoms with Crippen molar-refractivity contribution in [1.82, 2.24) is 16.0 Å². The fourth-order valence-electron chi connectivity index (χ4n) is 3.55. The topological polar surface area (TPSA) is 245 Å². The molecule has 0 aliphatic heterocycles. The highest BCUT2D eigenvalue weighted by Gasteiger charge is 2.31. The SMILES string of the molecule is CCCCC(NC(=O)C(Cc1ccc(C(=N)N)cc1)C(=O)NC)C(=O)N[C@@H](CCCN=C(N)N)C(N)=O. The highest BCUT2D eigenvalue weighted by atomic mass is 16.2. The van der Waals surface area contributed by atoms with Crippen molar-refractivity contribution < 1.29 is 19.2 Å². The number of amidine groups is 1. The van der Waals surface area contributed by atoms with Gasteiger partial charge in [-0.2, -0.15) is 0 Å². The monoisotopic (exact) mass is 517 g/mol. The zero-order valence-corrected chi connectivity index (χ0v) is 21.4. The summed E-state index contributed by atoms with van der Waals surface area (Å²) in [7, 11) is 1.42. The summed E-state index contributed by atoms with van der Waals surface area (Å²) in [6.45, 7) is 2.20. The average molecular weight is 518 g/mol. The van der Waals surface area contributed by atoms with Crippen LogP contribution in [0.3, 0.4) is 0 Å². The van der Waals surface area contributed by atoms with Gasteiger partial charge in [-0.05, 0) is 31.2 Å². The van der Waals surface area contributed by atoms with E-state index in [0.29, 0.717) is 30.4 Å². The number of hydrogen-bond donors (Lipinski definition) is 8. The zero-order valence-electron chi connectivity index (χ0n) is 21.4. The number of nitrogen functional groups attached to an aromatic ring is 1. The van der Waals surface area contributed by atoms with Crippen molar-refractivity contribution >= 4 is 35.4 Å². The predicted octanol–water partition coefficient (Wildman–Crippen LogP) is -1.43. The first-order valence-corrected chi connectivity index (χ1v) is 12.1. The van der Waals surface area contributed by atoms with Gasteiger partial charge in [-0.15, -0.1) is 0 Å². The molecule has 1 aromatic rings. The van der Waals surface area contributed by atoms with Crippen molar-refractivity contribution in [3.05, 3.63) is 35.4 Å². The van der Waals surface area contributed by atoms with Crippen LogP contribution in [0.15, 0.2) is 29.3 Å². The maximum absolute atomic E-state index is 13.2. The van der Waals surface area contributed by atoms with Crippen LogP contribution in [0.5, 0.6) is 0 Å². The minimum Gasteiger partial charge on any atom is -0.384 e. The maximum Gasteiger partial charge on any atom is 0.243 e. The molecule has 1 rings (SSSR count). The van der Waals surface area contributed by atoms with E-state index in [0.717, 1.165) is 6.42 Å². The Hall–Kier alpha value is -4.16. The molecule has 3 atom stereocenters. The number of rotatable bonds is 16. The second kappa shape index (κ2) is 15.8. The lowest BCUT2D eigenvalue weighted by Gasteiger charge is -2.24. The average Bonchev–Trinajstić information content (AvgIpc) is 2.85. The molecule has 0 fully saturated rings. The number of hydrogen-bond acceptors (Lipinski definition) is 6. The van der Waals surface area contributed by atoms with Crippen LogP contribution in [0.1, 0.15) is 50.2 Å². The van der Waals surface area contributed by atoms with Gasteiger partial charge < -0.3 is 38.9 Å². The van der Waals surface area contributed by atoms with Crippen molar-refractivity contribution in [2.75, 3.05) is 13.6 Å². The summed E-state index contributed by atoms with van der Waals surface area (Å²) in [5.74, 6) is -3.74. The molecule has 0 saturated carbocycles. The van der Waals surface area contributed by atoms with Crippen molar-refractivity contribution in [3.63, 3.8) is 0 Å². The van der Waals surface area contributed by atoms with Gasteiger partial charge in [0.2, 0.25) is 23.6 Å². The van der Waals surface area contributed by atoms with Gasteiger partial charge in [0.1, 0.15) is 23.8 Å². The second-order valence-corrected chi connectivity index (χ2v) is 8.60. The van der Waals surface area contributed by atoms with Crippen LogP contribution in [0, 0.1) is 11.3 Å². The standard InChI is InChI=1S/C24H39N9O4/c1-3-4-6-18(23(37)32-17(20(27)34)7-5-12-31-24(28)29)33-22(36)16(21(35)30-2)13-14-8-10-15(11-9-14)19(25)26/h8-11,16-18H,3-7,12-13H2,1-2H3,(H3,25,26)(H2,27,34)(H,30,35)(H,32,37)(H,33,36)(H4,28,29,31)/t16?,17-,18?/m0/s1. The number of nitrogens with two attached hydrogens (primary N) is 4. The number of guanidine groups is 1. The van der Waals surface area contributed by atoms with Crippen molar-refractivity contribution in [3.8, 4) is 0 Å². The summed E-state index contributed by atoms with van der Waals surface area (Å²) >= 11 is 0. The lowest BCUT2D eigenvalue weighted by atomic mass is 9.95. The van der Waals surface area contributed by atoms with E-state index in [2.05, 4.69) is 20.9 Å². The molecule has 0 aliphatic carbocycles. The molecule has 0 aliphatic rings. The van der Waals surface area contributed by atoms with Crippen molar-refractivity contribution in [2.45, 2.75) is 57.5 Å². The van der Waals surface area contributed by atoms with Crippen LogP contribution >= 0.6 is 0 Å². The van der Waals surface area contributed by atoms with Crippen LogP contribution in [0.4, 0.5) is 0 Å². The first-order valence-electron chi connectivity index (χ1n) is 12.1. The van der Waals surface area contributed by atoms with Gasteiger partial charge in [0.05, 0.1) is 0 Å². The Morgan fingerprint density at radius 3 is 2.00 bits per heavy atom. The van der Waals surface area contributed by atoms with Gasteiger partial charge in [-0.25, -0.2) is 0 Å². The fraction of sp³-hybridized carbons (Fsp3) is 0.500. The van der Waals surface area contributed by atoms with Crippen LogP contribution in [0.2, 0.25) is 0 Å². The Morgan fingerprint density at radius 1 is 0.892 bits per heavy atom. The quantitative estimate of drug-likeness (QED) is 0.0561. The molecular formula is C24H39N9O4. The van der Waals surface area contributed by atoms with E-state index in [1.807, 2.05) is 6.92 Å². The fourth-order valence-corrected chi connectivity index (χ4v) is 3.55. The lowest BCUT2D eigenvalue weighted by Crippen LogP contribution is -2.54. The van der Waals surface area contributed by atoms with Gasteiger partial charge in [0, 0.05) is 19.2 Å². The Balaban J connectivity index is 2.99. The van der Waals surface area contributed by atoms with E-state index in [1.54, 1.807) is 24.3 Å². The summed E-state index contributed by atoms with van der Waals surface area (Å²) in [4.78, 5) is 54.5. The molecule has 13 heteroatoms. The van der Waals surface area contributed by atoms with E-state index in [-0.39, 0.29) is 31.2 Å². The first-order chi connectivity index (χ1) is 17.5. The van der Waals surface area contributed by atoms with E-state index < -0.39 is 41.6 Å². The highest BCUT2D eigenvalue weighted by molar-refractivity contribution is 6.02. The highest BCUT2D eigenvalue weighted by Crippen LogP contribution is 2.13. The number of primary amides is 1. The molecule has 4 amide bonds. The van der Waals surface area contributed by atoms with Crippen molar-refractivity contribution in [1.29, 1.82) is 5.41 Å². The Morgan fingerprint density at radius 2 is 1.49 bits per heavy atom. The predicted molar refractivity (Wildman–Crippen MR) is 141 cm³/mol. The van der Waals surface area contributed by atoms with Gasteiger partial charge >= 0.3 is 0 Å². The minimum atomic E-state index is -1.11.